The fourth-order valence-electron chi connectivity index (χ4n) is 2.89. The molecule has 3 aromatic rings. The molecule has 1 atom stereocenters. The third-order valence-electron chi connectivity index (χ3n) is 4.31. The number of thiazole rings is 1. The van der Waals surface area contributed by atoms with E-state index < -0.39 is 0 Å². The molecule has 2 amide bonds. The molecule has 0 bridgehead atoms. The van der Waals surface area contributed by atoms with Gasteiger partial charge in [-0.2, -0.15) is 10.4 Å². The molecule has 0 fully saturated rings. The van der Waals surface area contributed by atoms with Gasteiger partial charge in [0.15, 0.2) is 5.13 Å². The lowest BCUT2D eigenvalue weighted by Crippen LogP contribution is -2.36. The zero-order valence-electron chi connectivity index (χ0n) is 17.8. The highest BCUT2D eigenvalue weighted by Crippen LogP contribution is 2.24. The number of aromatic nitrogens is 3. The number of nitrogens with one attached hydrogen (secondary N) is 2. The summed E-state index contributed by atoms with van der Waals surface area (Å²) in [4.78, 5) is 30.2. The number of hydrogen-bond acceptors (Lipinski definition) is 7. The van der Waals surface area contributed by atoms with Gasteiger partial charge < -0.3 is 15.5 Å². The van der Waals surface area contributed by atoms with Gasteiger partial charge in [-0.15, -0.1) is 11.3 Å². The fourth-order valence-corrected chi connectivity index (χ4v) is 3.82. The average molecular weight is 472 g/mol. The van der Waals surface area contributed by atoms with E-state index in [1.54, 1.807) is 47.3 Å². The molecule has 166 valence electrons. The molecule has 0 saturated carbocycles. The Kier molecular flexibility index (Phi) is 7.58. The number of nitrogens with zero attached hydrogens (tertiary/aromatic N) is 5. The number of carbonyl (C=O) groups excluding carboxylic acids is 2. The molecular weight excluding hydrogens is 450 g/mol. The van der Waals surface area contributed by atoms with Crippen molar-refractivity contribution >= 4 is 39.9 Å². The van der Waals surface area contributed by atoms with E-state index in [2.05, 4.69) is 20.7 Å². The minimum atomic E-state index is -0.326. The first-order valence-electron chi connectivity index (χ1n) is 9.69. The Balaban J connectivity index is 1.57. The predicted octanol–water partition coefficient (Wildman–Crippen LogP) is 2.85. The molecule has 1 unspecified atom stereocenters. The lowest BCUT2D eigenvalue weighted by molar-refractivity contribution is -0.116. The monoisotopic (exact) mass is 471 g/mol. The van der Waals surface area contributed by atoms with Crippen LogP contribution in [0.25, 0.3) is 11.3 Å². The molecule has 0 aliphatic carbocycles. The van der Waals surface area contributed by atoms with Crippen LogP contribution in [0.1, 0.15) is 23.0 Å². The second-order valence-corrected chi connectivity index (χ2v) is 8.69. The molecule has 32 heavy (non-hydrogen) atoms. The standard InChI is InChI=1S/C21H22ClN7O2S/c1-13(24-20(31)18-12-32-21(25-18)26-19(30)11-28(2)3)10-29-7-6-17(27-29)14-4-5-15(9-23)16(22)8-14/h4-8,12-13H,10-11H2,1-3H3,(H,24,31)(H,25,26,30). The maximum atomic E-state index is 12.5. The summed E-state index contributed by atoms with van der Waals surface area (Å²) in [6.45, 7) is 2.55. The van der Waals surface area contributed by atoms with Gasteiger partial charge in [0.2, 0.25) is 5.91 Å². The average Bonchev–Trinajstić information content (AvgIpc) is 3.37. The second-order valence-electron chi connectivity index (χ2n) is 7.43. The summed E-state index contributed by atoms with van der Waals surface area (Å²) < 4.78 is 1.72. The van der Waals surface area contributed by atoms with E-state index in [1.807, 2.05) is 25.3 Å². The highest BCUT2D eigenvalue weighted by Gasteiger charge is 2.16. The van der Waals surface area contributed by atoms with Gasteiger partial charge in [0.05, 0.1) is 29.4 Å². The van der Waals surface area contributed by atoms with Crippen molar-refractivity contribution in [2.24, 2.45) is 0 Å². The minimum Gasteiger partial charge on any atom is -0.346 e. The van der Waals surface area contributed by atoms with Crippen LogP contribution < -0.4 is 10.6 Å². The van der Waals surface area contributed by atoms with E-state index in [1.165, 1.54) is 11.3 Å². The molecule has 3 rings (SSSR count). The van der Waals surface area contributed by atoms with Gasteiger partial charge in [0.25, 0.3) is 5.91 Å². The Morgan fingerprint density at radius 3 is 2.81 bits per heavy atom. The first kappa shape index (κ1) is 23.4. The molecular formula is C21H22ClN7O2S. The number of likely N-dealkylation sites (N-methyl/N-ethyl adjacent to an activating group) is 1. The predicted molar refractivity (Wildman–Crippen MR) is 124 cm³/mol. The van der Waals surface area contributed by atoms with Gasteiger partial charge in [-0.05, 0) is 39.2 Å². The number of amides is 2. The Labute approximate surface area is 194 Å². The van der Waals surface area contributed by atoms with Crippen LogP contribution >= 0.6 is 22.9 Å². The van der Waals surface area contributed by atoms with Crippen molar-refractivity contribution in [3.8, 4) is 17.3 Å². The summed E-state index contributed by atoms with van der Waals surface area (Å²) >= 11 is 7.30. The summed E-state index contributed by atoms with van der Waals surface area (Å²) in [7, 11) is 3.59. The fraction of sp³-hybridized carbons (Fsp3) is 0.286. The van der Waals surface area contributed by atoms with Crippen LogP contribution in [0, 0.1) is 11.3 Å². The minimum absolute atomic E-state index is 0.192. The molecule has 2 N–H and O–H groups in total. The third kappa shape index (κ3) is 6.13. The van der Waals surface area contributed by atoms with Crippen molar-refractivity contribution in [3.63, 3.8) is 0 Å². The van der Waals surface area contributed by atoms with Crippen molar-refractivity contribution in [3.05, 3.63) is 52.1 Å². The molecule has 9 nitrogen and oxygen atoms in total. The van der Waals surface area contributed by atoms with Crippen molar-refractivity contribution in [1.29, 1.82) is 5.26 Å². The number of hydrogen-bond donors (Lipinski definition) is 2. The first-order valence-corrected chi connectivity index (χ1v) is 11.0. The van der Waals surface area contributed by atoms with E-state index in [-0.39, 0.29) is 30.1 Å². The molecule has 0 aliphatic heterocycles. The van der Waals surface area contributed by atoms with Crippen LogP contribution in [0.15, 0.2) is 35.8 Å². The van der Waals surface area contributed by atoms with Crippen LogP contribution in [-0.2, 0) is 11.3 Å². The second kappa shape index (κ2) is 10.4. The smallest absolute Gasteiger partial charge is 0.271 e. The van der Waals surface area contributed by atoms with Crippen LogP contribution in [0.5, 0.6) is 0 Å². The normalized spacial score (nSPS) is 11.8. The number of rotatable bonds is 8. The van der Waals surface area contributed by atoms with Crippen LogP contribution in [0.3, 0.4) is 0 Å². The third-order valence-corrected chi connectivity index (χ3v) is 5.38. The zero-order valence-corrected chi connectivity index (χ0v) is 19.4. The van der Waals surface area contributed by atoms with Crippen molar-refractivity contribution < 1.29 is 9.59 Å². The van der Waals surface area contributed by atoms with E-state index >= 15 is 0 Å². The van der Waals surface area contributed by atoms with Gasteiger partial charge in [-0.1, -0.05) is 17.7 Å². The molecule has 0 radical (unpaired) electrons. The highest BCUT2D eigenvalue weighted by atomic mass is 35.5. The largest absolute Gasteiger partial charge is 0.346 e. The van der Waals surface area contributed by atoms with Crippen molar-refractivity contribution in [2.45, 2.75) is 19.5 Å². The maximum absolute atomic E-state index is 12.5. The van der Waals surface area contributed by atoms with E-state index in [9.17, 15) is 9.59 Å². The van der Waals surface area contributed by atoms with Gasteiger partial charge in [0, 0.05) is 23.2 Å². The summed E-state index contributed by atoms with van der Waals surface area (Å²) in [6.07, 6.45) is 1.81. The summed E-state index contributed by atoms with van der Waals surface area (Å²) in [5, 5.41) is 21.4. The number of halogens is 1. The lowest BCUT2D eigenvalue weighted by Gasteiger charge is -2.13. The van der Waals surface area contributed by atoms with Crippen LogP contribution in [-0.4, -0.2) is 58.2 Å². The van der Waals surface area contributed by atoms with Gasteiger partial charge in [-0.25, -0.2) is 4.98 Å². The Morgan fingerprint density at radius 2 is 2.12 bits per heavy atom. The molecule has 0 aliphatic rings. The Bertz CT molecular complexity index is 1170. The van der Waals surface area contributed by atoms with Crippen molar-refractivity contribution in [1.82, 2.24) is 25.0 Å². The molecule has 2 heterocycles. The zero-order chi connectivity index (χ0) is 23.3. The lowest BCUT2D eigenvalue weighted by atomic mass is 10.1. The number of nitriles is 1. The van der Waals surface area contributed by atoms with Gasteiger partial charge in [-0.3, -0.25) is 14.3 Å². The van der Waals surface area contributed by atoms with E-state index in [4.69, 9.17) is 16.9 Å². The quantitative estimate of drug-likeness (QED) is 0.521. The van der Waals surface area contributed by atoms with E-state index in [0.717, 1.165) is 5.56 Å². The van der Waals surface area contributed by atoms with Gasteiger partial charge in [0.1, 0.15) is 11.8 Å². The Hall–Kier alpha value is -3.26. The molecule has 0 spiro atoms. The number of anilines is 1. The first-order chi connectivity index (χ1) is 15.2. The molecule has 11 heteroatoms. The highest BCUT2D eigenvalue weighted by molar-refractivity contribution is 7.14. The topological polar surface area (TPSA) is 116 Å². The number of carbonyl (C=O) groups is 2. The van der Waals surface area contributed by atoms with Gasteiger partial charge >= 0.3 is 0 Å². The van der Waals surface area contributed by atoms with Crippen LogP contribution in [0.4, 0.5) is 5.13 Å². The number of benzene rings is 1. The summed E-state index contributed by atoms with van der Waals surface area (Å²) in [6, 6.07) is 8.81. The van der Waals surface area contributed by atoms with Crippen LogP contribution in [0.2, 0.25) is 5.02 Å². The van der Waals surface area contributed by atoms with Crippen molar-refractivity contribution in [2.75, 3.05) is 26.0 Å². The summed E-state index contributed by atoms with van der Waals surface area (Å²) in [5.74, 6) is -0.518. The SMILES string of the molecule is CC(Cn1ccc(-c2ccc(C#N)c(Cl)c2)n1)NC(=O)c1csc(NC(=O)CN(C)C)n1. The molecule has 2 aromatic heterocycles. The molecule has 0 saturated heterocycles. The maximum Gasteiger partial charge on any atom is 0.271 e. The Morgan fingerprint density at radius 1 is 1.34 bits per heavy atom. The summed E-state index contributed by atoms with van der Waals surface area (Å²) in [5.41, 5.74) is 2.17. The van der Waals surface area contributed by atoms with E-state index in [0.29, 0.717) is 28.0 Å². The molecule has 1 aromatic carbocycles.